The summed E-state index contributed by atoms with van der Waals surface area (Å²) in [5, 5.41) is 21.6. The van der Waals surface area contributed by atoms with Gasteiger partial charge in [-0.15, -0.1) is 13.2 Å². The highest BCUT2D eigenvalue weighted by Crippen LogP contribution is 2.44. The van der Waals surface area contributed by atoms with Crippen LogP contribution in [0.25, 0.3) is 0 Å². The van der Waals surface area contributed by atoms with Gasteiger partial charge < -0.3 is 10.1 Å². The quantitative estimate of drug-likeness (QED) is 0.550. The van der Waals surface area contributed by atoms with Gasteiger partial charge in [-0.3, -0.25) is 0 Å². The number of benzene rings is 1. The van der Waals surface area contributed by atoms with Crippen LogP contribution < -0.4 is 10.1 Å². The minimum Gasteiger partial charge on any atom is -0.404 e. The van der Waals surface area contributed by atoms with Crippen molar-refractivity contribution in [2.45, 2.75) is 59.2 Å². The number of hydrogen-bond acceptors (Lipinski definition) is 6. The van der Waals surface area contributed by atoms with Crippen molar-refractivity contribution in [1.29, 1.82) is 10.5 Å². The van der Waals surface area contributed by atoms with E-state index in [4.69, 9.17) is 5.26 Å². The van der Waals surface area contributed by atoms with Gasteiger partial charge in [-0.1, -0.05) is 26.8 Å². The average molecular weight is 472 g/mol. The Morgan fingerprint density at radius 3 is 2.56 bits per heavy atom. The van der Waals surface area contributed by atoms with Crippen molar-refractivity contribution in [3.05, 3.63) is 46.8 Å². The van der Waals surface area contributed by atoms with E-state index in [2.05, 4.69) is 46.9 Å². The lowest BCUT2D eigenvalue weighted by molar-refractivity contribution is -0.274. The molecule has 1 N–H and O–H groups in total. The van der Waals surface area contributed by atoms with Crippen molar-refractivity contribution in [1.82, 2.24) is 9.97 Å². The second-order valence-corrected chi connectivity index (χ2v) is 9.57. The first-order valence-corrected chi connectivity index (χ1v) is 11.3. The van der Waals surface area contributed by atoms with E-state index in [-0.39, 0.29) is 11.0 Å². The van der Waals surface area contributed by atoms with Crippen molar-refractivity contribution in [3.63, 3.8) is 0 Å². The Kier molecular flexibility index (Phi) is 7.66. The Morgan fingerprint density at radius 2 is 1.91 bits per heavy atom. The average Bonchev–Trinajstić information content (AvgIpc) is 2.75. The molecular formula is C25H28F3N5O. The number of halogens is 3. The van der Waals surface area contributed by atoms with Crippen LogP contribution in [0.15, 0.2) is 24.4 Å². The molecule has 1 aliphatic rings. The zero-order valence-electron chi connectivity index (χ0n) is 19.5. The number of hydrogen-bond donors (Lipinski definition) is 1. The highest BCUT2D eigenvalue weighted by atomic mass is 19.4. The Labute approximate surface area is 197 Å². The molecule has 1 heterocycles. The molecule has 2 atom stereocenters. The van der Waals surface area contributed by atoms with E-state index in [1.165, 1.54) is 18.3 Å². The zero-order valence-corrected chi connectivity index (χ0v) is 19.5. The highest BCUT2D eigenvalue weighted by molar-refractivity contribution is 5.46. The van der Waals surface area contributed by atoms with Crippen LogP contribution in [0.2, 0.25) is 0 Å². The summed E-state index contributed by atoms with van der Waals surface area (Å²) in [4.78, 5) is 8.78. The summed E-state index contributed by atoms with van der Waals surface area (Å²) < 4.78 is 41.8. The van der Waals surface area contributed by atoms with Gasteiger partial charge in [0.2, 0.25) is 5.95 Å². The Balaban J connectivity index is 1.65. The topological polar surface area (TPSA) is 94.6 Å². The fraction of sp³-hybridized carbons (Fsp3) is 0.520. The Hall–Kier alpha value is -3.33. The van der Waals surface area contributed by atoms with E-state index in [9.17, 15) is 18.4 Å². The molecule has 2 aromatic rings. The smallest absolute Gasteiger partial charge is 0.404 e. The normalized spacial score (nSPS) is 19.6. The van der Waals surface area contributed by atoms with Crippen LogP contribution in [-0.2, 0) is 12.8 Å². The van der Waals surface area contributed by atoms with Gasteiger partial charge >= 0.3 is 6.36 Å². The van der Waals surface area contributed by atoms with Gasteiger partial charge in [-0.2, -0.15) is 10.5 Å². The number of nitriles is 2. The van der Waals surface area contributed by atoms with Crippen LogP contribution >= 0.6 is 0 Å². The summed E-state index contributed by atoms with van der Waals surface area (Å²) >= 11 is 0. The summed E-state index contributed by atoms with van der Waals surface area (Å²) in [6, 6.07) is 7.97. The van der Waals surface area contributed by atoms with Crippen LogP contribution in [0.1, 0.15) is 62.4 Å². The molecule has 3 rings (SSSR count). The Bertz CT molecular complexity index is 1100. The van der Waals surface area contributed by atoms with Gasteiger partial charge in [0.05, 0.1) is 23.0 Å². The van der Waals surface area contributed by atoms with Crippen LogP contribution in [0, 0.1) is 39.9 Å². The van der Waals surface area contributed by atoms with E-state index >= 15 is 0 Å². The Morgan fingerprint density at radius 1 is 1.18 bits per heavy atom. The predicted octanol–water partition coefficient (Wildman–Crippen LogP) is 5.78. The van der Waals surface area contributed by atoms with E-state index in [1.54, 1.807) is 12.1 Å². The maximum atomic E-state index is 12.6. The van der Waals surface area contributed by atoms with E-state index in [0.717, 1.165) is 25.0 Å². The van der Waals surface area contributed by atoms with Gasteiger partial charge in [-0.05, 0) is 67.1 Å². The molecule has 6 nitrogen and oxygen atoms in total. The van der Waals surface area contributed by atoms with E-state index in [0.29, 0.717) is 48.3 Å². The standard InChI is InChI=1S/C25H28F3N5O/c1-16-4-5-18(12-24(16,2)3)10-21-20(14-30)15-32-23(33-21)31-9-8-17-6-7-19(13-29)22(11-17)34-25(26,27)28/h6-7,11,15-16,18H,4-5,8-10,12H2,1-3H3,(H,31,32,33)/t16-,18-/m0/s1. The largest absolute Gasteiger partial charge is 0.573 e. The fourth-order valence-corrected chi connectivity index (χ4v) is 4.47. The molecule has 1 saturated carbocycles. The summed E-state index contributed by atoms with van der Waals surface area (Å²) in [6.07, 6.45) is 1.05. The predicted molar refractivity (Wildman–Crippen MR) is 121 cm³/mol. The van der Waals surface area contributed by atoms with Crippen LogP contribution in [0.4, 0.5) is 19.1 Å². The molecule has 180 valence electrons. The second kappa shape index (κ2) is 10.3. The summed E-state index contributed by atoms with van der Waals surface area (Å²) in [5.41, 5.74) is 1.81. The number of aromatic nitrogens is 2. The molecule has 9 heteroatoms. The van der Waals surface area contributed by atoms with Crippen molar-refractivity contribution >= 4 is 5.95 Å². The molecule has 0 saturated heterocycles. The zero-order chi connectivity index (χ0) is 24.9. The molecule has 0 bridgehead atoms. The first-order chi connectivity index (χ1) is 16.0. The molecule has 1 aromatic carbocycles. The van der Waals surface area contributed by atoms with Crippen molar-refractivity contribution in [2.75, 3.05) is 11.9 Å². The molecular weight excluding hydrogens is 443 g/mol. The van der Waals surface area contributed by atoms with Crippen molar-refractivity contribution in [3.8, 4) is 17.9 Å². The van der Waals surface area contributed by atoms with Gasteiger partial charge in [0.25, 0.3) is 0 Å². The highest BCUT2D eigenvalue weighted by Gasteiger charge is 2.34. The number of nitrogens with one attached hydrogen (secondary N) is 1. The fourth-order valence-electron chi connectivity index (χ4n) is 4.47. The van der Waals surface area contributed by atoms with Crippen LogP contribution in [0.5, 0.6) is 5.75 Å². The van der Waals surface area contributed by atoms with E-state index < -0.39 is 12.1 Å². The number of ether oxygens (including phenoxy) is 1. The number of rotatable bonds is 7. The third kappa shape index (κ3) is 6.60. The van der Waals surface area contributed by atoms with Crippen molar-refractivity contribution < 1.29 is 17.9 Å². The molecule has 1 aliphatic carbocycles. The molecule has 0 spiro atoms. The minimum absolute atomic E-state index is 0.186. The number of anilines is 1. The number of alkyl halides is 3. The maximum Gasteiger partial charge on any atom is 0.573 e. The SMILES string of the molecule is C[C@H]1CC[C@@H](Cc2nc(NCCc3ccc(C#N)c(OC(F)(F)F)c3)ncc2C#N)CC1(C)C. The summed E-state index contributed by atoms with van der Waals surface area (Å²) in [6.45, 7) is 7.22. The lowest BCUT2D eigenvalue weighted by Gasteiger charge is -2.40. The van der Waals surface area contributed by atoms with Gasteiger partial charge in [0, 0.05) is 6.54 Å². The molecule has 0 aliphatic heterocycles. The molecule has 0 amide bonds. The monoisotopic (exact) mass is 471 g/mol. The number of nitrogens with zero attached hydrogens (tertiary/aromatic N) is 4. The summed E-state index contributed by atoms with van der Waals surface area (Å²) in [5.74, 6) is 0.963. The lowest BCUT2D eigenvalue weighted by Crippen LogP contribution is -2.31. The van der Waals surface area contributed by atoms with Gasteiger partial charge in [-0.25, -0.2) is 9.97 Å². The summed E-state index contributed by atoms with van der Waals surface area (Å²) in [7, 11) is 0. The van der Waals surface area contributed by atoms with Gasteiger partial charge in [0.15, 0.2) is 0 Å². The molecule has 34 heavy (non-hydrogen) atoms. The van der Waals surface area contributed by atoms with Crippen molar-refractivity contribution in [2.24, 2.45) is 17.3 Å². The third-order valence-electron chi connectivity index (χ3n) is 6.72. The molecule has 1 fully saturated rings. The third-order valence-corrected chi connectivity index (χ3v) is 6.72. The second-order valence-electron chi connectivity index (χ2n) is 9.57. The minimum atomic E-state index is -4.87. The van der Waals surface area contributed by atoms with Crippen LogP contribution in [0.3, 0.4) is 0 Å². The maximum absolute atomic E-state index is 12.6. The molecule has 0 radical (unpaired) electrons. The first kappa shape index (κ1) is 25.3. The van der Waals surface area contributed by atoms with Gasteiger partial charge in [0.1, 0.15) is 17.9 Å². The lowest BCUT2D eigenvalue weighted by atomic mass is 9.65. The van der Waals surface area contributed by atoms with E-state index in [1.807, 2.05) is 0 Å². The first-order valence-electron chi connectivity index (χ1n) is 11.3. The molecule has 1 aromatic heterocycles. The van der Waals surface area contributed by atoms with Crippen LogP contribution in [-0.4, -0.2) is 22.9 Å². The molecule has 0 unspecified atom stereocenters.